The normalized spacial score (nSPS) is 11.5. The van der Waals surface area contributed by atoms with Crippen LogP contribution >= 0.6 is 11.3 Å². The van der Waals surface area contributed by atoms with E-state index in [9.17, 15) is 14.4 Å². The van der Waals surface area contributed by atoms with Crippen molar-refractivity contribution < 1.29 is 23.8 Å². The Bertz CT molecular complexity index is 1470. The quantitative estimate of drug-likeness (QED) is 0.316. The molecular formula is C23H19N3O6S. The first-order valence-electron chi connectivity index (χ1n) is 10.00. The Kier molecular flexibility index (Phi) is 6.18. The van der Waals surface area contributed by atoms with Crippen LogP contribution in [-0.2, 0) is 9.59 Å². The lowest BCUT2D eigenvalue weighted by Crippen LogP contribution is -2.23. The van der Waals surface area contributed by atoms with E-state index >= 15 is 0 Å². The zero-order valence-electron chi connectivity index (χ0n) is 18.0. The molecule has 0 saturated heterocycles. The van der Waals surface area contributed by atoms with Gasteiger partial charge in [0, 0.05) is 13.8 Å². The van der Waals surface area contributed by atoms with E-state index in [2.05, 4.69) is 10.1 Å². The van der Waals surface area contributed by atoms with Crippen molar-refractivity contribution in [2.45, 2.75) is 20.8 Å². The molecule has 0 spiro atoms. The van der Waals surface area contributed by atoms with Crippen LogP contribution < -0.4 is 24.3 Å². The third kappa shape index (κ3) is 4.75. The van der Waals surface area contributed by atoms with Crippen molar-refractivity contribution >= 4 is 34.3 Å². The van der Waals surface area contributed by atoms with Gasteiger partial charge in [0.2, 0.25) is 4.96 Å². The van der Waals surface area contributed by atoms with Gasteiger partial charge in [-0.05, 0) is 42.8 Å². The van der Waals surface area contributed by atoms with Crippen molar-refractivity contribution in [3.8, 4) is 28.6 Å². The third-order valence-electron chi connectivity index (χ3n) is 4.38. The van der Waals surface area contributed by atoms with Crippen LogP contribution in [0, 0.1) is 0 Å². The molecule has 0 aliphatic heterocycles. The third-order valence-corrected chi connectivity index (χ3v) is 5.34. The van der Waals surface area contributed by atoms with Crippen LogP contribution in [0.1, 0.15) is 26.3 Å². The minimum absolute atomic E-state index is 0.283. The van der Waals surface area contributed by atoms with Crippen molar-refractivity contribution in [3.05, 3.63) is 62.9 Å². The van der Waals surface area contributed by atoms with Crippen LogP contribution in [0.3, 0.4) is 0 Å². The van der Waals surface area contributed by atoms with Crippen LogP contribution in [0.5, 0.6) is 17.2 Å². The molecule has 2 heterocycles. The number of rotatable bonds is 6. The molecule has 33 heavy (non-hydrogen) atoms. The summed E-state index contributed by atoms with van der Waals surface area (Å²) in [4.78, 5) is 40.4. The molecule has 4 rings (SSSR count). The highest BCUT2D eigenvalue weighted by Gasteiger charge is 2.16. The van der Waals surface area contributed by atoms with E-state index in [4.69, 9.17) is 14.2 Å². The predicted molar refractivity (Wildman–Crippen MR) is 122 cm³/mol. The van der Waals surface area contributed by atoms with E-state index in [-0.39, 0.29) is 11.4 Å². The summed E-state index contributed by atoms with van der Waals surface area (Å²) in [5.74, 6) is 0.396. The van der Waals surface area contributed by atoms with Gasteiger partial charge in [-0.15, -0.1) is 5.10 Å². The molecule has 0 aliphatic rings. The van der Waals surface area contributed by atoms with E-state index in [0.717, 1.165) is 0 Å². The molecule has 4 aromatic rings. The summed E-state index contributed by atoms with van der Waals surface area (Å²) in [7, 11) is 0. The number of para-hydroxylation sites is 1. The largest absolute Gasteiger partial charge is 0.490 e. The Hall–Kier alpha value is -4.05. The molecule has 2 aromatic heterocycles. The molecule has 0 atom stereocenters. The van der Waals surface area contributed by atoms with E-state index < -0.39 is 11.9 Å². The molecule has 9 nitrogen and oxygen atoms in total. The molecule has 0 N–H and O–H groups in total. The standard InChI is InChI=1S/C23H19N3O6S/c1-4-30-19-11-15(9-10-18(19)32-14(3)28)12-20-22(29)26-23(33-20)24-21(25-26)16-7-5-6-8-17(16)31-13(2)27/h5-12H,4H2,1-3H3. The number of thiazole rings is 1. The number of esters is 2. The molecule has 0 unspecified atom stereocenters. The van der Waals surface area contributed by atoms with Gasteiger partial charge in [0.1, 0.15) is 5.75 Å². The molecule has 0 radical (unpaired) electrons. The Labute approximate surface area is 191 Å². The monoisotopic (exact) mass is 465 g/mol. The first-order valence-corrected chi connectivity index (χ1v) is 10.8. The fraction of sp³-hybridized carbons (Fsp3) is 0.174. The van der Waals surface area contributed by atoms with Crippen LogP contribution in [0.15, 0.2) is 47.3 Å². The second-order valence-corrected chi connectivity index (χ2v) is 7.88. The smallest absolute Gasteiger partial charge is 0.308 e. The molecule has 0 aliphatic carbocycles. The molecule has 0 bridgehead atoms. The lowest BCUT2D eigenvalue weighted by atomic mass is 10.2. The first kappa shape index (κ1) is 22.2. The predicted octanol–water partition coefficient (Wildman–Crippen LogP) is 2.62. The van der Waals surface area contributed by atoms with Gasteiger partial charge in [-0.3, -0.25) is 14.4 Å². The summed E-state index contributed by atoms with van der Waals surface area (Å²) in [6.07, 6.45) is 1.69. The number of aromatic nitrogens is 3. The summed E-state index contributed by atoms with van der Waals surface area (Å²) in [5, 5.41) is 4.32. The topological polar surface area (TPSA) is 109 Å². The van der Waals surface area contributed by atoms with Gasteiger partial charge in [-0.2, -0.15) is 9.50 Å². The fourth-order valence-electron chi connectivity index (χ4n) is 3.12. The SMILES string of the molecule is CCOc1cc(C=c2sc3nc(-c4ccccc4OC(C)=O)nn3c2=O)ccc1OC(C)=O. The van der Waals surface area contributed by atoms with Crippen molar-refractivity contribution in [3.63, 3.8) is 0 Å². The summed E-state index contributed by atoms with van der Waals surface area (Å²) in [6, 6.07) is 11.9. The van der Waals surface area contributed by atoms with Gasteiger partial charge in [0.25, 0.3) is 5.56 Å². The Morgan fingerprint density at radius 3 is 2.45 bits per heavy atom. The zero-order chi connectivity index (χ0) is 23.5. The lowest BCUT2D eigenvalue weighted by molar-refractivity contribution is -0.132. The number of hydrogen-bond acceptors (Lipinski definition) is 9. The van der Waals surface area contributed by atoms with Crippen LogP contribution in [0.2, 0.25) is 0 Å². The second kappa shape index (κ2) is 9.21. The minimum Gasteiger partial charge on any atom is -0.490 e. The molecular weight excluding hydrogens is 446 g/mol. The van der Waals surface area contributed by atoms with E-state index in [0.29, 0.717) is 44.5 Å². The average molecular weight is 465 g/mol. The van der Waals surface area contributed by atoms with Gasteiger partial charge in [-0.1, -0.05) is 29.5 Å². The highest BCUT2D eigenvalue weighted by atomic mass is 32.1. The maximum atomic E-state index is 12.9. The molecule has 168 valence electrons. The summed E-state index contributed by atoms with van der Waals surface area (Å²) in [5.41, 5.74) is 0.869. The molecule has 10 heteroatoms. The fourth-order valence-corrected chi connectivity index (χ4v) is 4.02. The van der Waals surface area contributed by atoms with Crippen molar-refractivity contribution in [1.82, 2.24) is 14.6 Å². The highest BCUT2D eigenvalue weighted by Crippen LogP contribution is 2.29. The molecule has 0 fully saturated rings. The number of ether oxygens (including phenoxy) is 3. The number of nitrogens with zero attached hydrogens (tertiary/aromatic N) is 3. The number of carbonyl (C=O) groups is 2. The summed E-state index contributed by atoms with van der Waals surface area (Å²) in [6.45, 7) is 4.83. The van der Waals surface area contributed by atoms with Crippen LogP contribution in [-0.4, -0.2) is 33.1 Å². The Balaban J connectivity index is 1.73. The molecule has 0 amide bonds. The van der Waals surface area contributed by atoms with Gasteiger partial charge in [-0.25, -0.2) is 0 Å². The van der Waals surface area contributed by atoms with Crippen molar-refractivity contribution in [1.29, 1.82) is 0 Å². The summed E-state index contributed by atoms with van der Waals surface area (Å²) < 4.78 is 17.6. The van der Waals surface area contributed by atoms with E-state index in [1.807, 2.05) is 6.92 Å². The zero-order valence-corrected chi connectivity index (χ0v) is 18.8. The number of fused-ring (bicyclic) bond motifs is 1. The van der Waals surface area contributed by atoms with E-state index in [1.165, 1.54) is 29.7 Å². The highest BCUT2D eigenvalue weighted by molar-refractivity contribution is 7.15. The number of hydrogen-bond donors (Lipinski definition) is 0. The van der Waals surface area contributed by atoms with Gasteiger partial charge in [0.15, 0.2) is 17.3 Å². The average Bonchev–Trinajstić information content (AvgIpc) is 3.29. The molecule has 2 aromatic carbocycles. The maximum absolute atomic E-state index is 12.9. The minimum atomic E-state index is -0.462. The van der Waals surface area contributed by atoms with E-state index in [1.54, 1.807) is 48.5 Å². The van der Waals surface area contributed by atoms with Crippen molar-refractivity contribution in [2.75, 3.05) is 6.61 Å². The van der Waals surface area contributed by atoms with Crippen LogP contribution in [0.25, 0.3) is 22.4 Å². The lowest BCUT2D eigenvalue weighted by Gasteiger charge is -2.10. The van der Waals surface area contributed by atoms with Gasteiger partial charge < -0.3 is 14.2 Å². The Morgan fingerprint density at radius 1 is 1.03 bits per heavy atom. The Morgan fingerprint density at radius 2 is 1.76 bits per heavy atom. The number of benzene rings is 2. The first-order chi connectivity index (χ1) is 15.9. The second-order valence-electron chi connectivity index (χ2n) is 6.87. The summed E-state index contributed by atoms with van der Waals surface area (Å²) >= 11 is 1.18. The number of carbonyl (C=O) groups excluding carboxylic acids is 2. The van der Waals surface area contributed by atoms with Crippen LogP contribution in [0.4, 0.5) is 0 Å². The maximum Gasteiger partial charge on any atom is 0.308 e. The van der Waals surface area contributed by atoms with Crippen molar-refractivity contribution in [2.24, 2.45) is 0 Å². The molecule has 0 saturated carbocycles. The van der Waals surface area contributed by atoms with Gasteiger partial charge >= 0.3 is 11.9 Å². The van der Waals surface area contributed by atoms with Gasteiger partial charge in [0.05, 0.1) is 16.7 Å².